The third-order valence-electron chi connectivity index (χ3n) is 2.78. The van der Waals surface area contributed by atoms with Crippen LogP contribution in [0.3, 0.4) is 0 Å². The SMILES string of the molecule is COC(=O)CC(C)(C[N+](=O)[O-])c1ccc(I)cc1. The lowest BCUT2D eigenvalue weighted by molar-refractivity contribution is -0.490. The molecule has 0 aliphatic carbocycles. The highest BCUT2D eigenvalue weighted by Gasteiger charge is 2.35. The van der Waals surface area contributed by atoms with Crippen LogP contribution in [0.1, 0.15) is 18.9 Å². The summed E-state index contributed by atoms with van der Waals surface area (Å²) in [6.45, 7) is 1.40. The molecule has 0 N–H and O–H groups in total. The number of nitro groups is 1. The number of hydrogen-bond donors (Lipinski definition) is 0. The van der Waals surface area contributed by atoms with Crippen molar-refractivity contribution in [2.45, 2.75) is 18.8 Å². The average Bonchev–Trinajstić information content (AvgIpc) is 2.28. The van der Waals surface area contributed by atoms with Crippen LogP contribution in [0.25, 0.3) is 0 Å². The Bertz CT molecular complexity index is 446. The molecule has 1 aromatic rings. The molecule has 0 radical (unpaired) electrons. The molecule has 0 aliphatic heterocycles. The summed E-state index contributed by atoms with van der Waals surface area (Å²) in [7, 11) is 1.28. The molecule has 0 saturated heterocycles. The fourth-order valence-electron chi connectivity index (χ4n) is 1.78. The molecule has 1 rings (SSSR count). The van der Waals surface area contributed by atoms with Crippen molar-refractivity contribution in [2.75, 3.05) is 13.7 Å². The molecule has 18 heavy (non-hydrogen) atoms. The number of rotatable bonds is 5. The van der Waals surface area contributed by atoms with Crippen molar-refractivity contribution in [2.24, 2.45) is 0 Å². The van der Waals surface area contributed by atoms with Crippen LogP contribution < -0.4 is 0 Å². The second kappa shape index (κ2) is 6.12. The summed E-state index contributed by atoms with van der Waals surface area (Å²) in [5, 5.41) is 10.8. The van der Waals surface area contributed by atoms with Crippen molar-refractivity contribution in [3.05, 3.63) is 43.5 Å². The van der Waals surface area contributed by atoms with Crippen LogP contribution in [0.4, 0.5) is 0 Å². The molecule has 0 saturated carbocycles. The van der Waals surface area contributed by atoms with Gasteiger partial charge in [0.15, 0.2) is 0 Å². The normalized spacial score (nSPS) is 13.7. The van der Waals surface area contributed by atoms with Gasteiger partial charge in [0.25, 0.3) is 0 Å². The number of hydrogen-bond acceptors (Lipinski definition) is 4. The lowest BCUT2D eigenvalue weighted by Crippen LogP contribution is -2.34. The van der Waals surface area contributed by atoms with E-state index in [9.17, 15) is 14.9 Å². The van der Waals surface area contributed by atoms with Gasteiger partial charge in [-0.1, -0.05) is 12.1 Å². The van der Waals surface area contributed by atoms with Gasteiger partial charge in [0, 0.05) is 8.49 Å². The first kappa shape index (κ1) is 14.9. The number of methoxy groups -OCH3 is 1. The maximum Gasteiger partial charge on any atom is 0.306 e. The molecule has 0 fully saturated rings. The fraction of sp³-hybridized carbons (Fsp3) is 0.417. The van der Waals surface area contributed by atoms with Gasteiger partial charge < -0.3 is 4.74 Å². The standard InChI is InChI=1S/C12H14INO4/c1-12(8-14(16)17,7-11(15)18-2)9-3-5-10(13)6-4-9/h3-6H,7-8H2,1-2H3. The van der Waals surface area contributed by atoms with Gasteiger partial charge in [-0.2, -0.15) is 0 Å². The summed E-state index contributed by atoms with van der Waals surface area (Å²) >= 11 is 2.16. The largest absolute Gasteiger partial charge is 0.469 e. The van der Waals surface area contributed by atoms with Gasteiger partial charge in [0.05, 0.1) is 18.9 Å². The van der Waals surface area contributed by atoms with Gasteiger partial charge in [-0.3, -0.25) is 14.9 Å². The molecule has 1 unspecified atom stereocenters. The molecule has 1 aromatic carbocycles. The van der Waals surface area contributed by atoms with Gasteiger partial charge in [-0.05, 0) is 47.2 Å². The van der Waals surface area contributed by atoms with E-state index in [0.29, 0.717) is 0 Å². The van der Waals surface area contributed by atoms with Crippen LogP contribution in [0.15, 0.2) is 24.3 Å². The Morgan fingerprint density at radius 2 is 2.00 bits per heavy atom. The Labute approximate surface area is 119 Å². The number of ether oxygens (including phenoxy) is 1. The van der Waals surface area contributed by atoms with Crippen molar-refractivity contribution in [3.8, 4) is 0 Å². The zero-order valence-corrected chi connectivity index (χ0v) is 12.3. The number of carbonyl (C=O) groups excluding carboxylic acids is 1. The van der Waals surface area contributed by atoms with E-state index in [2.05, 4.69) is 27.3 Å². The first-order valence-electron chi connectivity index (χ1n) is 5.32. The van der Waals surface area contributed by atoms with E-state index in [1.807, 2.05) is 24.3 Å². The Morgan fingerprint density at radius 1 is 1.44 bits per heavy atom. The quantitative estimate of drug-likeness (QED) is 0.349. The van der Waals surface area contributed by atoms with Crippen LogP contribution in [-0.4, -0.2) is 24.5 Å². The van der Waals surface area contributed by atoms with Crippen molar-refractivity contribution in [3.63, 3.8) is 0 Å². The first-order valence-corrected chi connectivity index (χ1v) is 6.40. The molecule has 0 heterocycles. The fourth-order valence-corrected chi connectivity index (χ4v) is 2.14. The summed E-state index contributed by atoms with van der Waals surface area (Å²) in [4.78, 5) is 21.8. The first-order chi connectivity index (χ1) is 8.37. The van der Waals surface area contributed by atoms with E-state index in [1.165, 1.54) is 7.11 Å². The van der Waals surface area contributed by atoms with E-state index in [4.69, 9.17) is 0 Å². The minimum Gasteiger partial charge on any atom is -0.469 e. The lowest BCUT2D eigenvalue weighted by atomic mass is 9.79. The second-order valence-electron chi connectivity index (χ2n) is 4.31. The minimum atomic E-state index is -0.846. The van der Waals surface area contributed by atoms with Crippen LogP contribution in [0.2, 0.25) is 0 Å². The highest BCUT2D eigenvalue weighted by Crippen LogP contribution is 2.29. The second-order valence-corrected chi connectivity index (χ2v) is 5.56. The van der Waals surface area contributed by atoms with E-state index < -0.39 is 16.3 Å². The molecule has 0 spiro atoms. The summed E-state index contributed by atoms with van der Waals surface area (Å²) in [6, 6.07) is 7.36. The monoisotopic (exact) mass is 363 g/mol. The average molecular weight is 363 g/mol. The third kappa shape index (κ3) is 3.94. The van der Waals surface area contributed by atoms with Gasteiger partial charge in [0.1, 0.15) is 0 Å². The van der Waals surface area contributed by atoms with Crippen molar-refractivity contribution >= 4 is 28.6 Å². The molecule has 1 atom stereocenters. The van der Waals surface area contributed by atoms with E-state index in [0.717, 1.165) is 9.13 Å². The third-order valence-corrected chi connectivity index (χ3v) is 3.50. The molecule has 5 nitrogen and oxygen atoms in total. The Kier molecular flexibility index (Phi) is 5.06. The predicted molar refractivity (Wildman–Crippen MR) is 75.0 cm³/mol. The van der Waals surface area contributed by atoms with E-state index >= 15 is 0 Å². The Balaban J connectivity index is 3.06. The van der Waals surface area contributed by atoms with Gasteiger partial charge in [-0.15, -0.1) is 0 Å². The summed E-state index contributed by atoms with van der Waals surface area (Å²) in [5.41, 5.74) is -0.0778. The van der Waals surface area contributed by atoms with Crippen LogP contribution in [0, 0.1) is 13.7 Å². The number of esters is 1. The van der Waals surface area contributed by atoms with Crippen molar-refractivity contribution in [1.82, 2.24) is 0 Å². The number of halogens is 1. The van der Waals surface area contributed by atoms with Crippen molar-refractivity contribution in [1.29, 1.82) is 0 Å². The zero-order valence-electron chi connectivity index (χ0n) is 10.2. The summed E-state index contributed by atoms with van der Waals surface area (Å²) < 4.78 is 5.65. The van der Waals surface area contributed by atoms with Gasteiger partial charge in [0.2, 0.25) is 6.54 Å². The molecule has 98 valence electrons. The summed E-state index contributed by atoms with van der Waals surface area (Å²) in [5.74, 6) is -0.446. The molecular weight excluding hydrogens is 349 g/mol. The highest BCUT2D eigenvalue weighted by molar-refractivity contribution is 14.1. The van der Waals surface area contributed by atoms with Crippen LogP contribution in [-0.2, 0) is 14.9 Å². The van der Waals surface area contributed by atoms with Crippen LogP contribution >= 0.6 is 22.6 Å². The van der Waals surface area contributed by atoms with Gasteiger partial charge in [-0.25, -0.2) is 0 Å². The maximum atomic E-state index is 11.4. The number of nitrogens with zero attached hydrogens (tertiary/aromatic N) is 1. The van der Waals surface area contributed by atoms with E-state index in [-0.39, 0.29) is 13.0 Å². The van der Waals surface area contributed by atoms with E-state index in [1.54, 1.807) is 6.92 Å². The topological polar surface area (TPSA) is 69.4 Å². The smallest absolute Gasteiger partial charge is 0.306 e. The molecule has 0 aromatic heterocycles. The lowest BCUT2D eigenvalue weighted by Gasteiger charge is -2.24. The molecular formula is C12H14INO4. The zero-order chi connectivity index (χ0) is 13.8. The summed E-state index contributed by atoms with van der Waals surface area (Å²) in [6.07, 6.45) is -0.00886. The number of benzene rings is 1. The van der Waals surface area contributed by atoms with Crippen molar-refractivity contribution < 1.29 is 14.5 Å². The number of carbonyl (C=O) groups is 1. The Morgan fingerprint density at radius 3 is 2.44 bits per heavy atom. The van der Waals surface area contributed by atoms with Gasteiger partial charge >= 0.3 is 5.97 Å². The molecule has 0 aliphatic rings. The molecule has 6 heteroatoms. The maximum absolute atomic E-state index is 11.4. The molecule has 0 bridgehead atoms. The Hall–Kier alpha value is -1.18. The molecule has 0 amide bonds. The van der Waals surface area contributed by atoms with Crippen LogP contribution in [0.5, 0.6) is 0 Å². The minimum absolute atomic E-state index is 0.00886. The predicted octanol–water partition coefficient (Wildman–Crippen LogP) is 2.39. The highest BCUT2D eigenvalue weighted by atomic mass is 127.